The summed E-state index contributed by atoms with van der Waals surface area (Å²) in [6.07, 6.45) is 0. The van der Waals surface area contributed by atoms with E-state index in [1.54, 1.807) is 0 Å². The number of hydrogen-bond acceptors (Lipinski definition) is 5. The molecule has 7 aromatic carbocycles. The average Bonchev–Trinajstić information content (AvgIpc) is 3.86. The minimum absolute atomic E-state index is 0.565. The summed E-state index contributed by atoms with van der Waals surface area (Å²) in [5.41, 5.74) is 7.68. The molecule has 0 atom stereocenters. The Balaban J connectivity index is 1.23. The Kier molecular flexibility index (Phi) is 6.05. The zero-order valence-electron chi connectivity index (χ0n) is 27.1. The van der Waals surface area contributed by atoms with Crippen LogP contribution in [0.25, 0.3) is 104 Å². The first-order chi connectivity index (χ1) is 25.3. The maximum absolute atomic E-state index is 6.50. The van der Waals surface area contributed by atoms with Gasteiger partial charge < -0.3 is 4.42 Å². The van der Waals surface area contributed by atoms with E-state index >= 15 is 0 Å². The molecule has 0 aliphatic carbocycles. The van der Waals surface area contributed by atoms with Crippen LogP contribution >= 0.6 is 11.3 Å². The van der Waals surface area contributed by atoms with E-state index in [1.165, 1.54) is 25.6 Å². The summed E-state index contributed by atoms with van der Waals surface area (Å²) in [7, 11) is 0. The van der Waals surface area contributed by atoms with Gasteiger partial charge in [0.05, 0.1) is 11.0 Å². The largest absolute Gasteiger partial charge is 0.456 e. The Labute approximate surface area is 295 Å². The number of thiophene rings is 1. The fourth-order valence-corrected chi connectivity index (χ4v) is 8.67. The summed E-state index contributed by atoms with van der Waals surface area (Å²) in [6.45, 7) is 0. The molecule has 0 fully saturated rings. The summed E-state index contributed by atoms with van der Waals surface area (Å²) < 4.78 is 11.2. The Morgan fingerprint density at radius 2 is 1.10 bits per heavy atom. The predicted molar refractivity (Wildman–Crippen MR) is 211 cm³/mol. The summed E-state index contributed by atoms with van der Waals surface area (Å²) >= 11 is 1.83. The second-order valence-electron chi connectivity index (χ2n) is 12.8. The monoisotopic (exact) mass is 670 g/mol. The average molecular weight is 671 g/mol. The quantitative estimate of drug-likeness (QED) is 0.187. The topological polar surface area (TPSA) is 56.7 Å². The smallest absolute Gasteiger partial charge is 0.238 e. The van der Waals surface area contributed by atoms with Crippen LogP contribution in [0.4, 0.5) is 0 Å². The molecule has 0 radical (unpaired) electrons. The highest BCUT2D eigenvalue weighted by Gasteiger charge is 2.21. The van der Waals surface area contributed by atoms with Gasteiger partial charge in [-0.3, -0.25) is 4.57 Å². The van der Waals surface area contributed by atoms with Gasteiger partial charge in [0.15, 0.2) is 11.6 Å². The van der Waals surface area contributed by atoms with Gasteiger partial charge >= 0.3 is 0 Å². The number of rotatable bonds is 4. The van der Waals surface area contributed by atoms with Crippen molar-refractivity contribution < 1.29 is 4.42 Å². The van der Waals surface area contributed by atoms with Crippen molar-refractivity contribution in [3.8, 4) is 39.9 Å². The predicted octanol–water partition coefficient (Wildman–Crippen LogP) is 12.2. The molecule has 0 N–H and O–H groups in total. The Hall–Kier alpha value is -6.63. The Morgan fingerprint density at radius 3 is 1.92 bits per heavy atom. The van der Waals surface area contributed by atoms with Crippen molar-refractivity contribution in [2.45, 2.75) is 0 Å². The lowest BCUT2D eigenvalue weighted by Crippen LogP contribution is -2.06. The molecule has 0 spiro atoms. The minimum Gasteiger partial charge on any atom is -0.456 e. The van der Waals surface area contributed by atoms with Crippen LogP contribution in [0.3, 0.4) is 0 Å². The van der Waals surface area contributed by atoms with Gasteiger partial charge in [0.1, 0.15) is 11.2 Å². The van der Waals surface area contributed by atoms with Crippen LogP contribution in [0.5, 0.6) is 0 Å². The molecule has 4 aromatic heterocycles. The molecule has 51 heavy (non-hydrogen) atoms. The SMILES string of the molecule is c1ccc(-c2nc(-c3cc(-c4ccccc4)c4c(c3)oc3ccccc34)nc(-n3c4ccccc4c4cc5sc6ccccc6c5cc43)n2)cc1. The van der Waals surface area contributed by atoms with Crippen LogP contribution < -0.4 is 0 Å². The second kappa shape index (κ2) is 10.9. The third-order valence-corrected chi connectivity index (χ3v) is 11.0. The maximum atomic E-state index is 6.50. The molecule has 0 aliphatic rings. The van der Waals surface area contributed by atoms with E-state index in [0.29, 0.717) is 17.6 Å². The zero-order valence-corrected chi connectivity index (χ0v) is 27.9. The molecular weight excluding hydrogens is 645 g/mol. The van der Waals surface area contributed by atoms with E-state index in [2.05, 4.69) is 114 Å². The Bertz CT molecular complexity index is 3140. The molecule has 6 heteroatoms. The minimum atomic E-state index is 0.565. The van der Waals surface area contributed by atoms with E-state index < -0.39 is 0 Å². The van der Waals surface area contributed by atoms with Crippen molar-refractivity contribution >= 4 is 75.3 Å². The number of benzene rings is 7. The Morgan fingerprint density at radius 1 is 0.431 bits per heavy atom. The molecule has 5 nitrogen and oxygen atoms in total. The first kappa shape index (κ1) is 28.2. The van der Waals surface area contributed by atoms with Crippen LogP contribution in [0.15, 0.2) is 162 Å². The van der Waals surface area contributed by atoms with Crippen LogP contribution in [0, 0.1) is 0 Å². The van der Waals surface area contributed by atoms with Crippen molar-refractivity contribution in [2.24, 2.45) is 0 Å². The third kappa shape index (κ3) is 4.37. The maximum Gasteiger partial charge on any atom is 0.238 e. The summed E-state index contributed by atoms with van der Waals surface area (Å²) in [5, 5.41) is 6.97. The van der Waals surface area contributed by atoms with E-state index in [-0.39, 0.29) is 0 Å². The molecule has 11 aromatic rings. The highest BCUT2D eigenvalue weighted by atomic mass is 32.1. The molecule has 11 rings (SSSR count). The van der Waals surface area contributed by atoms with Gasteiger partial charge in [-0.1, -0.05) is 115 Å². The lowest BCUT2D eigenvalue weighted by Gasteiger charge is -2.12. The van der Waals surface area contributed by atoms with Crippen molar-refractivity contribution in [1.29, 1.82) is 0 Å². The number of aromatic nitrogens is 4. The van der Waals surface area contributed by atoms with E-state index in [0.717, 1.165) is 60.6 Å². The van der Waals surface area contributed by atoms with Gasteiger partial charge in [-0.25, -0.2) is 4.98 Å². The first-order valence-corrected chi connectivity index (χ1v) is 17.8. The van der Waals surface area contributed by atoms with Gasteiger partial charge in [0.25, 0.3) is 0 Å². The lowest BCUT2D eigenvalue weighted by atomic mass is 9.97. The fraction of sp³-hybridized carbons (Fsp3) is 0. The zero-order chi connectivity index (χ0) is 33.5. The molecule has 0 unspecified atom stereocenters. The summed E-state index contributed by atoms with van der Waals surface area (Å²) in [4.78, 5) is 15.6. The molecule has 0 saturated heterocycles. The number of furan rings is 1. The molecule has 0 saturated carbocycles. The normalized spacial score (nSPS) is 11.9. The molecule has 0 amide bonds. The number of fused-ring (bicyclic) bond motifs is 9. The molecule has 0 bridgehead atoms. The first-order valence-electron chi connectivity index (χ1n) is 16.9. The van der Waals surface area contributed by atoms with Crippen molar-refractivity contribution in [3.63, 3.8) is 0 Å². The third-order valence-electron chi connectivity index (χ3n) is 9.85. The van der Waals surface area contributed by atoms with Crippen LogP contribution in [0.1, 0.15) is 0 Å². The van der Waals surface area contributed by atoms with Crippen molar-refractivity contribution in [2.75, 3.05) is 0 Å². The van der Waals surface area contributed by atoms with Crippen molar-refractivity contribution in [1.82, 2.24) is 19.5 Å². The van der Waals surface area contributed by atoms with E-state index in [9.17, 15) is 0 Å². The summed E-state index contributed by atoms with van der Waals surface area (Å²) in [6, 6.07) is 54.9. The standard InChI is InChI=1S/C45H26N4OS/c1-3-13-27(14-4-1)33-23-29(24-39-42(33)32-19-8-11-21-38(32)50-39)44-46-43(28-15-5-2-6-16-28)47-45(48-44)49-36-20-10-7-17-30(36)34-26-41-35(25-37(34)49)31-18-9-12-22-40(31)51-41/h1-26H. The van der Waals surface area contributed by atoms with Crippen LogP contribution in [-0.4, -0.2) is 19.5 Å². The lowest BCUT2D eigenvalue weighted by molar-refractivity contribution is 0.669. The molecule has 238 valence electrons. The number of hydrogen-bond donors (Lipinski definition) is 0. The van der Waals surface area contributed by atoms with Gasteiger partial charge in [0, 0.05) is 52.8 Å². The van der Waals surface area contributed by atoms with Gasteiger partial charge in [-0.05, 0) is 53.6 Å². The highest BCUT2D eigenvalue weighted by molar-refractivity contribution is 7.25. The van der Waals surface area contributed by atoms with Gasteiger partial charge in [0.2, 0.25) is 5.95 Å². The molecular formula is C45H26N4OS. The van der Waals surface area contributed by atoms with Gasteiger partial charge in [-0.2, -0.15) is 9.97 Å². The fourth-order valence-electron chi connectivity index (χ4n) is 7.54. The number of nitrogens with zero attached hydrogens (tertiary/aromatic N) is 4. The summed E-state index contributed by atoms with van der Waals surface area (Å²) in [5.74, 6) is 1.75. The molecule has 0 aliphatic heterocycles. The van der Waals surface area contributed by atoms with Crippen LogP contribution in [0.2, 0.25) is 0 Å². The van der Waals surface area contributed by atoms with Crippen molar-refractivity contribution in [3.05, 3.63) is 158 Å². The van der Waals surface area contributed by atoms with E-state index in [1.807, 2.05) is 59.9 Å². The van der Waals surface area contributed by atoms with E-state index in [4.69, 9.17) is 19.4 Å². The van der Waals surface area contributed by atoms with Crippen LogP contribution in [-0.2, 0) is 0 Å². The highest BCUT2D eigenvalue weighted by Crippen LogP contribution is 2.42. The van der Waals surface area contributed by atoms with Gasteiger partial charge in [-0.15, -0.1) is 11.3 Å². The molecule has 4 heterocycles. The second-order valence-corrected chi connectivity index (χ2v) is 13.9. The number of para-hydroxylation sites is 2.